The highest BCUT2D eigenvalue weighted by atomic mass is 16.6. The highest BCUT2D eigenvalue weighted by Gasteiger charge is 2.19. The molecule has 0 aromatic carbocycles. The van der Waals surface area contributed by atoms with Gasteiger partial charge in [0.1, 0.15) is 13.2 Å². The van der Waals surface area contributed by atoms with E-state index in [9.17, 15) is 14.4 Å². The van der Waals surface area contributed by atoms with E-state index in [1.807, 2.05) is 0 Å². The van der Waals surface area contributed by atoms with Crippen molar-refractivity contribution >= 4 is 17.9 Å². The quantitative estimate of drug-likeness (QED) is 0.0261. The van der Waals surface area contributed by atoms with Gasteiger partial charge in [0.2, 0.25) is 0 Å². The summed E-state index contributed by atoms with van der Waals surface area (Å²) in [5, 5.41) is 0. The first-order valence-electron chi connectivity index (χ1n) is 36.1. The van der Waals surface area contributed by atoms with Crippen molar-refractivity contribution in [2.24, 2.45) is 0 Å². The lowest BCUT2D eigenvalue weighted by Crippen LogP contribution is -2.30. The van der Waals surface area contributed by atoms with Gasteiger partial charge in [0, 0.05) is 19.3 Å². The van der Waals surface area contributed by atoms with Crippen molar-refractivity contribution in [3.63, 3.8) is 0 Å². The van der Waals surface area contributed by atoms with E-state index in [0.29, 0.717) is 19.3 Å². The monoisotopic (exact) mass is 1140 g/mol. The van der Waals surface area contributed by atoms with E-state index in [2.05, 4.69) is 69.4 Å². The maximum Gasteiger partial charge on any atom is 0.306 e. The number of esters is 3. The zero-order valence-corrected chi connectivity index (χ0v) is 54.6. The lowest BCUT2D eigenvalue weighted by atomic mass is 10.0. The van der Waals surface area contributed by atoms with Crippen LogP contribution in [0.25, 0.3) is 0 Å². The van der Waals surface area contributed by atoms with E-state index in [0.717, 1.165) is 83.5 Å². The predicted molar refractivity (Wildman–Crippen MR) is 353 cm³/mol. The fourth-order valence-corrected chi connectivity index (χ4v) is 11.0. The summed E-state index contributed by atoms with van der Waals surface area (Å²) in [5.41, 5.74) is 0. The molecule has 6 nitrogen and oxygen atoms in total. The molecule has 1 atom stereocenters. The van der Waals surface area contributed by atoms with Gasteiger partial charge in [-0.3, -0.25) is 14.4 Å². The van der Waals surface area contributed by atoms with E-state index in [1.165, 1.54) is 270 Å². The number of hydrogen-bond acceptors (Lipinski definition) is 6. The smallest absolute Gasteiger partial charge is 0.306 e. The standard InChI is InChI=1S/C75H138O6/c1-4-7-10-13-16-19-22-25-28-31-33-34-35-36-37-38-39-40-42-44-47-50-53-56-59-62-65-68-74(77)80-71-72(70-79-73(76)67-64-61-58-55-52-49-46-43-30-27-24-21-18-15-12-9-6-3)81-75(78)69-66-63-60-57-54-51-48-45-41-32-29-26-23-20-17-14-11-8-5-2/h7,10,16,19,25,28,33-34,72H,4-6,8-9,11-15,17-18,20-24,26-27,29-32,35-71H2,1-3H3/b10-7-,19-16-,28-25-,34-33-. The highest BCUT2D eigenvalue weighted by Crippen LogP contribution is 2.19. The Labute approximate surface area is 505 Å². The fraction of sp³-hybridized carbons (Fsp3) is 0.853. The Morgan fingerprint density at radius 2 is 0.481 bits per heavy atom. The minimum absolute atomic E-state index is 0.0657. The van der Waals surface area contributed by atoms with Crippen LogP contribution in [0.2, 0.25) is 0 Å². The summed E-state index contributed by atoms with van der Waals surface area (Å²) < 4.78 is 17.0. The van der Waals surface area contributed by atoms with Crippen LogP contribution < -0.4 is 0 Å². The summed E-state index contributed by atoms with van der Waals surface area (Å²) in [6, 6.07) is 0. The van der Waals surface area contributed by atoms with Gasteiger partial charge in [0.15, 0.2) is 6.10 Å². The average Bonchev–Trinajstić information content (AvgIpc) is 3.47. The molecule has 0 saturated heterocycles. The lowest BCUT2D eigenvalue weighted by molar-refractivity contribution is -0.167. The SMILES string of the molecule is CC/C=C\C/C=C\C/C=C\C/C=C\CCCCCCCCCCCCCCCCC(=O)OCC(COC(=O)CCCCCCCCCCCCCCCCCCC)OC(=O)CCCCCCCCCCCCCCCCCCCCC. The molecule has 0 radical (unpaired) electrons. The molecule has 0 saturated carbocycles. The molecule has 0 aromatic rings. The molecule has 81 heavy (non-hydrogen) atoms. The van der Waals surface area contributed by atoms with Gasteiger partial charge >= 0.3 is 17.9 Å². The van der Waals surface area contributed by atoms with Crippen molar-refractivity contribution in [3.8, 4) is 0 Å². The first kappa shape index (κ1) is 78.4. The average molecular weight is 1140 g/mol. The maximum absolute atomic E-state index is 13.0. The summed E-state index contributed by atoms with van der Waals surface area (Å²) in [6.07, 6.45) is 88.5. The molecule has 1 unspecified atom stereocenters. The molecule has 0 aliphatic heterocycles. The first-order valence-corrected chi connectivity index (χ1v) is 36.1. The van der Waals surface area contributed by atoms with Gasteiger partial charge in [-0.25, -0.2) is 0 Å². The molecule has 0 spiro atoms. The molecule has 0 aliphatic carbocycles. The van der Waals surface area contributed by atoms with E-state index < -0.39 is 6.10 Å². The van der Waals surface area contributed by atoms with Crippen LogP contribution in [-0.4, -0.2) is 37.2 Å². The fourth-order valence-electron chi connectivity index (χ4n) is 11.0. The number of carbonyl (C=O) groups is 3. The third kappa shape index (κ3) is 68.0. The lowest BCUT2D eigenvalue weighted by Gasteiger charge is -2.18. The van der Waals surface area contributed by atoms with Crippen molar-refractivity contribution in [2.75, 3.05) is 13.2 Å². The Hall–Kier alpha value is -2.63. The van der Waals surface area contributed by atoms with E-state index in [-0.39, 0.29) is 31.1 Å². The number of carbonyl (C=O) groups excluding carboxylic acids is 3. The van der Waals surface area contributed by atoms with Gasteiger partial charge in [-0.15, -0.1) is 0 Å². The van der Waals surface area contributed by atoms with Crippen LogP contribution in [-0.2, 0) is 28.6 Å². The van der Waals surface area contributed by atoms with Crippen molar-refractivity contribution < 1.29 is 28.6 Å². The Bertz CT molecular complexity index is 1400. The number of allylic oxidation sites excluding steroid dienone is 8. The zero-order valence-electron chi connectivity index (χ0n) is 54.6. The van der Waals surface area contributed by atoms with Crippen LogP contribution in [0.3, 0.4) is 0 Å². The molecule has 0 bridgehead atoms. The second kappa shape index (κ2) is 69.9. The number of ether oxygens (including phenoxy) is 3. The van der Waals surface area contributed by atoms with Crippen LogP contribution in [0.5, 0.6) is 0 Å². The molecule has 6 heteroatoms. The molecular formula is C75H138O6. The molecule has 0 heterocycles. The van der Waals surface area contributed by atoms with Crippen LogP contribution in [0.1, 0.15) is 393 Å². The predicted octanol–water partition coefficient (Wildman–Crippen LogP) is 24.9. The summed E-state index contributed by atoms with van der Waals surface area (Å²) in [4.78, 5) is 38.5. The normalized spacial score (nSPS) is 12.3. The van der Waals surface area contributed by atoms with Crippen molar-refractivity contribution in [1.82, 2.24) is 0 Å². The molecule has 0 N–H and O–H groups in total. The number of rotatable bonds is 67. The summed E-state index contributed by atoms with van der Waals surface area (Å²) in [5.74, 6) is -0.833. The van der Waals surface area contributed by atoms with Gasteiger partial charge in [-0.1, -0.05) is 365 Å². The minimum atomic E-state index is -0.770. The second-order valence-electron chi connectivity index (χ2n) is 24.5. The third-order valence-electron chi connectivity index (χ3n) is 16.3. The Kier molecular flexibility index (Phi) is 67.6. The number of unbranched alkanes of at least 4 members (excludes halogenated alkanes) is 48. The Morgan fingerprint density at radius 3 is 0.753 bits per heavy atom. The Balaban J connectivity index is 4.26. The topological polar surface area (TPSA) is 78.9 Å². The second-order valence-corrected chi connectivity index (χ2v) is 24.5. The molecule has 0 fully saturated rings. The van der Waals surface area contributed by atoms with Crippen LogP contribution in [0.15, 0.2) is 48.6 Å². The van der Waals surface area contributed by atoms with Crippen LogP contribution in [0, 0.1) is 0 Å². The van der Waals surface area contributed by atoms with Gasteiger partial charge in [0.25, 0.3) is 0 Å². The molecular weight excluding hydrogens is 997 g/mol. The summed E-state index contributed by atoms with van der Waals surface area (Å²) in [7, 11) is 0. The first-order chi connectivity index (χ1) is 40.0. The van der Waals surface area contributed by atoms with E-state index in [1.54, 1.807) is 0 Å². The van der Waals surface area contributed by atoms with Crippen molar-refractivity contribution in [2.45, 2.75) is 399 Å². The van der Waals surface area contributed by atoms with Crippen LogP contribution in [0.4, 0.5) is 0 Å². The summed E-state index contributed by atoms with van der Waals surface area (Å²) >= 11 is 0. The Morgan fingerprint density at radius 1 is 0.259 bits per heavy atom. The van der Waals surface area contributed by atoms with Crippen LogP contribution >= 0.6 is 0 Å². The number of hydrogen-bond donors (Lipinski definition) is 0. The minimum Gasteiger partial charge on any atom is -0.462 e. The maximum atomic E-state index is 13.0. The zero-order chi connectivity index (χ0) is 58.5. The molecule has 474 valence electrons. The molecule has 0 rings (SSSR count). The molecule has 0 amide bonds. The van der Waals surface area contributed by atoms with Gasteiger partial charge in [0.05, 0.1) is 0 Å². The van der Waals surface area contributed by atoms with Gasteiger partial charge in [-0.2, -0.15) is 0 Å². The van der Waals surface area contributed by atoms with Crippen molar-refractivity contribution in [1.29, 1.82) is 0 Å². The molecule has 0 aromatic heterocycles. The van der Waals surface area contributed by atoms with Gasteiger partial charge in [-0.05, 0) is 57.8 Å². The highest BCUT2D eigenvalue weighted by molar-refractivity contribution is 5.71. The van der Waals surface area contributed by atoms with Gasteiger partial charge < -0.3 is 14.2 Å². The van der Waals surface area contributed by atoms with E-state index in [4.69, 9.17) is 14.2 Å². The largest absolute Gasteiger partial charge is 0.462 e. The third-order valence-corrected chi connectivity index (χ3v) is 16.3. The van der Waals surface area contributed by atoms with E-state index >= 15 is 0 Å². The van der Waals surface area contributed by atoms with Crippen molar-refractivity contribution in [3.05, 3.63) is 48.6 Å². The summed E-state index contributed by atoms with van der Waals surface area (Å²) in [6.45, 7) is 6.61. The molecule has 0 aliphatic rings.